The van der Waals surface area contributed by atoms with Gasteiger partial charge in [0.15, 0.2) is 5.78 Å². The summed E-state index contributed by atoms with van der Waals surface area (Å²) in [5, 5.41) is 19.0. The van der Waals surface area contributed by atoms with E-state index < -0.39 is 23.6 Å². The number of thiazole rings is 1. The van der Waals surface area contributed by atoms with Crippen molar-refractivity contribution in [3.63, 3.8) is 0 Å². The van der Waals surface area contributed by atoms with Gasteiger partial charge in [0.25, 0.3) is 0 Å². The summed E-state index contributed by atoms with van der Waals surface area (Å²) in [4.78, 5) is 56.2. The van der Waals surface area contributed by atoms with Crippen LogP contribution in [-0.2, 0) is 14.4 Å². The van der Waals surface area contributed by atoms with Crippen LogP contribution < -0.4 is 22.1 Å². The van der Waals surface area contributed by atoms with Crippen LogP contribution in [-0.4, -0.2) is 76.1 Å². The number of aryl methyl sites for hydroxylation is 1. The number of hydrogen-bond donors (Lipinski definition) is 5. The molecule has 1 saturated heterocycles. The number of benzene rings is 2. The number of carbonyl (C=O) groups excluding carboxylic acids is 3. The second-order valence-electron chi connectivity index (χ2n) is 25.5. The number of nitrogens with zero attached hydrogens (tertiary/aromatic N) is 3. The number of aliphatic hydroxyl groups excluding tert-OH is 1. The molecule has 3 aromatic rings. The fourth-order valence-corrected chi connectivity index (χ4v) is 15.1. The number of likely N-dealkylation sites (tertiary alicyclic amines) is 1. The highest BCUT2D eigenvalue weighted by Crippen LogP contribution is 2.44. The summed E-state index contributed by atoms with van der Waals surface area (Å²) in [5.41, 5.74) is 21.7. The van der Waals surface area contributed by atoms with Gasteiger partial charge in [0.1, 0.15) is 11.9 Å². The number of aliphatic hydroxyl groups is 1. The molecular formula is C67H97Cl2N7O4S2. The molecule has 82 heavy (non-hydrogen) atoms. The average molecular weight is 1200 g/mol. The molecule has 2 aliphatic heterocycles. The Balaban J connectivity index is 0.773. The number of Topliss-reactive ketones (excluding diaryl/α,β-unsaturated/α-hetero) is 1. The number of rotatable bonds is 29. The number of β-amino-alcohol motifs (C(OH)–C–C–N with tert-alkyl or cyclic N) is 1. The Morgan fingerprint density at radius 1 is 0.976 bits per heavy atom. The number of ketones is 1. The molecule has 11 nitrogen and oxygen atoms in total. The second-order valence-corrected chi connectivity index (χ2v) is 28.3. The number of nitrogens with one attached hydrogen (secondary N) is 2. The molecule has 2 saturated carbocycles. The van der Waals surface area contributed by atoms with Gasteiger partial charge in [0, 0.05) is 53.1 Å². The zero-order valence-corrected chi connectivity index (χ0v) is 53.6. The Kier molecular flexibility index (Phi) is 25.1. The van der Waals surface area contributed by atoms with Gasteiger partial charge in [-0.05, 0) is 161 Å². The molecule has 0 bridgehead atoms. The number of amides is 2. The summed E-state index contributed by atoms with van der Waals surface area (Å²) in [6, 6.07) is 13.0. The van der Waals surface area contributed by atoms with E-state index in [1.807, 2.05) is 24.6 Å². The van der Waals surface area contributed by atoms with Gasteiger partial charge in [-0.3, -0.25) is 14.4 Å². The van der Waals surface area contributed by atoms with Crippen LogP contribution in [0, 0.1) is 35.5 Å². The highest BCUT2D eigenvalue weighted by molar-refractivity contribution is 8.03. The van der Waals surface area contributed by atoms with Gasteiger partial charge in [-0.25, -0.2) is 9.98 Å². The van der Waals surface area contributed by atoms with E-state index >= 15 is 0 Å². The van der Waals surface area contributed by atoms with Crippen LogP contribution in [0.3, 0.4) is 0 Å². The first kappa shape index (κ1) is 65.6. The van der Waals surface area contributed by atoms with E-state index in [0.29, 0.717) is 41.2 Å². The smallest absolute Gasteiger partial charge is 0.246 e. The molecule has 0 spiro atoms. The van der Waals surface area contributed by atoms with Crippen LogP contribution in [0.1, 0.15) is 206 Å². The molecule has 2 aromatic carbocycles. The van der Waals surface area contributed by atoms with Gasteiger partial charge in [-0.1, -0.05) is 163 Å². The number of carbonyl (C=O) groups is 3. The largest absolute Gasteiger partial charge is 0.391 e. The molecule has 4 unspecified atom stereocenters. The molecule has 2 aliphatic carbocycles. The van der Waals surface area contributed by atoms with Crippen LogP contribution in [0.5, 0.6) is 0 Å². The Morgan fingerprint density at radius 2 is 1.71 bits per heavy atom. The lowest BCUT2D eigenvalue weighted by molar-refractivity contribution is -0.142. The van der Waals surface area contributed by atoms with Crippen molar-refractivity contribution in [1.29, 1.82) is 0 Å². The number of aliphatic imine (C=N–C) groups is 1. The zero-order chi connectivity index (χ0) is 59.0. The minimum atomic E-state index is -0.740. The number of nitrogens with two attached hydrogens (primary N) is 2. The highest BCUT2D eigenvalue weighted by atomic mass is 35.5. The SMILES string of the molecule is CCC(C(=O)[C@@H]1C[C@@H](O)CN1C(=O)[C@@H](NC(CCCCCCCNC(=O)CCCCCC1(CN)CCCC(CCC2=N/C(N)=C(/Sc3cccc(Cl)c3Cl)C(C)C\C=C\2)CC1)=C1CC1)C(C)(C)C)[C@@H](C)c1ccc(-c2scnc2C)cc1. The molecule has 3 fully saturated rings. The van der Waals surface area contributed by atoms with Crippen molar-refractivity contribution in [2.24, 2.45) is 45.0 Å². The van der Waals surface area contributed by atoms with Gasteiger partial charge < -0.3 is 32.1 Å². The molecule has 450 valence electrons. The average Bonchev–Trinajstić information content (AvgIpc) is 4.20. The van der Waals surface area contributed by atoms with E-state index in [0.717, 1.165) is 146 Å². The first-order valence-electron chi connectivity index (χ1n) is 31.1. The minimum absolute atomic E-state index is 0.0392. The molecule has 3 heterocycles. The quantitative estimate of drug-likeness (QED) is 0.0334. The summed E-state index contributed by atoms with van der Waals surface area (Å²) in [7, 11) is 0. The third-order valence-electron chi connectivity index (χ3n) is 18.2. The van der Waals surface area contributed by atoms with Crippen molar-refractivity contribution in [3.8, 4) is 10.4 Å². The lowest BCUT2D eigenvalue weighted by Crippen LogP contribution is -2.55. The third kappa shape index (κ3) is 18.5. The summed E-state index contributed by atoms with van der Waals surface area (Å²) in [5.74, 6) is 1.19. The van der Waals surface area contributed by atoms with Gasteiger partial charge in [-0.15, -0.1) is 11.3 Å². The molecule has 8 atom stereocenters. The third-order valence-corrected chi connectivity index (χ3v) is 21.5. The number of aromatic nitrogens is 1. The molecule has 0 radical (unpaired) electrons. The van der Waals surface area contributed by atoms with E-state index in [-0.39, 0.29) is 53.7 Å². The zero-order valence-electron chi connectivity index (χ0n) is 50.4. The molecule has 4 aliphatic rings. The first-order chi connectivity index (χ1) is 39.3. The fraction of sp³-hybridized carbons (Fsp3) is 0.627. The van der Waals surface area contributed by atoms with Crippen LogP contribution >= 0.6 is 46.3 Å². The molecule has 2 amide bonds. The summed E-state index contributed by atoms with van der Waals surface area (Å²) < 4.78 is 0. The fourth-order valence-electron chi connectivity index (χ4n) is 12.8. The molecule has 1 aromatic heterocycles. The van der Waals surface area contributed by atoms with Crippen molar-refractivity contribution in [2.45, 2.75) is 225 Å². The normalized spacial score (nSPS) is 24.4. The van der Waals surface area contributed by atoms with Crippen molar-refractivity contribution >= 4 is 69.6 Å². The summed E-state index contributed by atoms with van der Waals surface area (Å²) in [6.07, 6.45) is 26.4. The number of unbranched alkanes of at least 4 members (excludes halogenated alkanes) is 6. The van der Waals surface area contributed by atoms with Gasteiger partial charge in [0.2, 0.25) is 11.8 Å². The Morgan fingerprint density at radius 3 is 2.41 bits per heavy atom. The Hall–Kier alpha value is -3.98. The van der Waals surface area contributed by atoms with Crippen molar-refractivity contribution in [2.75, 3.05) is 19.6 Å². The van der Waals surface area contributed by atoms with Crippen LogP contribution in [0.2, 0.25) is 10.0 Å². The maximum absolute atomic E-state index is 14.7. The maximum Gasteiger partial charge on any atom is 0.246 e. The number of allylic oxidation sites excluding steroid dienone is 5. The van der Waals surface area contributed by atoms with E-state index in [1.54, 1.807) is 34.1 Å². The molecular weight excluding hydrogens is 1100 g/mol. The topological polar surface area (TPSA) is 176 Å². The standard InChI is InChI=1S/C67H97Cl2N7O4S2/c1-8-53(45(3)48-28-32-50(33-29-48)62-46(4)73-43-81-62)60(79)56-40-52(77)41-76(56)65(80)63(66(5,6)7)75-55(49-30-31-49)24-13-10-9-11-16-39-72-58(78)26-14-12-15-36-67(42-70)37-19-21-47(35-38-67)27-34-51-22-17-20-44(2)61(64(71)74-51)82-57-25-18-23-54(68)59(57)69/h17-18,22-23,25,28-29,32-33,43-45,47,52-53,56,63,75,77H,8-16,19-21,24,26-27,30-31,34-42,70-71H2,1-7H3,(H,72,78)/b22-17+,64-61+,74-51+/t44?,45-,47?,52+,53?,56-,63+,67?/m0/s1. The lowest BCUT2D eigenvalue weighted by Gasteiger charge is -2.37. The van der Waals surface area contributed by atoms with E-state index in [9.17, 15) is 19.5 Å². The van der Waals surface area contributed by atoms with Crippen molar-refractivity contribution in [3.05, 3.63) is 103 Å². The van der Waals surface area contributed by atoms with E-state index in [4.69, 9.17) is 39.7 Å². The minimum Gasteiger partial charge on any atom is -0.391 e. The number of hydrogen-bond acceptors (Lipinski definition) is 11. The Bertz CT molecular complexity index is 2730. The second kappa shape index (κ2) is 31.4. The van der Waals surface area contributed by atoms with Gasteiger partial charge in [-0.2, -0.15) is 0 Å². The van der Waals surface area contributed by atoms with E-state index in [1.165, 1.54) is 37.0 Å². The van der Waals surface area contributed by atoms with Crippen LogP contribution in [0.25, 0.3) is 10.4 Å². The monoisotopic (exact) mass is 1200 g/mol. The predicted octanol–water partition coefficient (Wildman–Crippen LogP) is 15.8. The van der Waals surface area contributed by atoms with Crippen molar-refractivity contribution in [1.82, 2.24) is 20.5 Å². The van der Waals surface area contributed by atoms with Gasteiger partial charge >= 0.3 is 0 Å². The summed E-state index contributed by atoms with van der Waals surface area (Å²) >= 11 is 16.1. The molecule has 15 heteroatoms. The lowest BCUT2D eigenvalue weighted by atomic mass is 9.76. The van der Waals surface area contributed by atoms with Crippen LogP contribution in [0.4, 0.5) is 0 Å². The van der Waals surface area contributed by atoms with Crippen molar-refractivity contribution < 1.29 is 19.5 Å². The predicted molar refractivity (Wildman–Crippen MR) is 343 cm³/mol. The first-order valence-corrected chi connectivity index (χ1v) is 33.6. The Labute approximate surface area is 510 Å². The molecule has 7 rings (SSSR count). The highest BCUT2D eigenvalue weighted by Gasteiger charge is 2.46. The number of halogens is 2. The van der Waals surface area contributed by atoms with E-state index in [2.05, 4.69) is 93.6 Å². The van der Waals surface area contributed by atoms with Gasteiger partial charge in [0.05, 0.1) is 38.3 Å². The summed E-state index contributed by atoms with van der Waals surface area (Å²) in [6.45, 7) is 16.2. The molecule has 7 N–H and O–H groups in total. The maximum atomic E-state index is 14.7. The van der Waals surface area contributed by atoms with Crippen LogP contribution in [0.15, 0.2) is 92.0 Å². The number of thioether (sulfide) groups is 1.